The molecule has 6 nitrogen and oxygen atoms in total. The lowest BCUT2D eigenvalue weighted by atomic mass is 9.96. The first-order valence-electron chi connectivity index (χ1n) is 8.97. The van der Waals surface area contributed by atoms with Crippen molar-refractivity contribution in [1.82, 2.24) is 4.31 Å². The Kier molecular flexibility index (Phi) is 6.49. The second-order valence-corrected chi connectivity index (χ2v) is 9.56. The fourth-order valence-corrected chi connectivity index (χ4v) is 5.55. The Morgan fingerprint density at radius 3 is 2.52 bits per heavy atom. The number of rotatable bonds is 4. The molecule has 1 fully saturated rings. The SMILES string of the molecule is CN(C(=O)C1CCN(S(=O)(=O)c2cc(Cl)ccc2Cl)CC1)c1cccc(C#N)c1. The Hall–Kier alpha value is -2.11. The van der Waals surface area contributed by atoms with Crippen LogP contribution < -0.4 is 4.90 Å². The van der Waals surface area contributed by atoms with Crippen molar-refractivity contribution in [3.63, 3.8) is 0 Å². The van der Waals surface area contributed by atoms with Crippen LogP contribution in [0.15, 0.2) is 47.4 Å². The van der Waals surface area contributed by atoms with Crippen molar-refractivity contribution < 1.29 is 13.2 Å². The summed E-state index contributed by atoms with van der Waals surface area (Å²) in [5, 5.41) is 9.44. The van der Waals surface area contributed by atoms with Gasteiger partial charge < -0.3 is 4.90 Å². The van der Waals surface area contributed by atoms with E-state index >= 15 is 0 Å². The number of halogens is 2. The summed E-state index contributed by atoms with van der Waals surface area (Å²) < 4.78 is 27.2. The first-order valence-corrected chi connectivity index (χ1v) is 11.2. The molecule has 9 heteroatoms. The Morgan fingerprint density at radius 2 is 1.86 bits per heavy atom. The highest BCUT2D eigenvalue weighted by Gasteiger charge is 2.34. The van der Waals surface area contributed by atoms with Gasteiger partial charge in [-0.3, -0.25) is 4.79 Å². The number of carbonyl (C=O) groups is 1. The third-order valence-corrected chi connectivity index (χ3v) is 7.62. The average Bonchev–Trinajstić information content (AvgIpc) is 2.74. The molecule has 2 aromatic rings. The number of sulfonamides is 1. The smallest absolute Gasteiger partial charge is 0.244 e. The van der Waals surface area contributed by atoms with Gasteiger partial charge in [0.15, 0.2) is 0 Å². The molecule has 0 spiro atoms. The zero-order chi connectivity index (χ0) is 21.2. The summed E-state index contributed by atoms with van der Waals surface area (Å²) in [6, 6.07) is 13.2. The molecular weight excluding hydrogens is 433 g/mol. The van der Waals surface area contributed by atoms with Gasteiger partial charge in [-0.2, -0.15) is 9.57 Å². The summed E-state index contributed by atoms with van der Waals surface area (Å²) in [4.78, 5) is 14.4. The molecule has 1 heterocycles. The number of nitrogens with zero attached hydrogens (tertiary/aromatic N) is 3. The van der Waals surface area contributed by atoms with Gasteiger partial charge >= 0.3 is 0 Å². The van der Waals surface area contributed by atoms with Gasteiger partial charge in [0.2, 0.25) is 15.9 Å². The van der Waals surface area contributed by atoms with Crippen LogP contribution in [0.25, 0.3) is 0 Å². The van der Waals surface area contributed by atoms with E-state index in [0.29, 0.717) is 29.1 Å². The second-order valence-electron chi connectivity index (χ2n) is 6.81. The highest BCUT2D eigenvalue weighted by atomic mass is 35.5. The molecule has 0 aromatic heterocycles. The average molecular weight is 452 g/mol. The molecule has 1 aliphatic rings. The lowest BCUT2D eigenvalue weighted by Crippen LogP contribution is -2.43. The van der Waals surface area contributed by atoms with Crippen molar-refractivity contribution in [2.45, 2.75) is 17.7 Å². The lowest BCUT2D eigenvalue weighted by Gasteiger charge is -2.32. The van der Waals surface area contributed by atoms with E-state index in [4.69, 9.17) is 28.5 Å². The van der Waals surface area contributed by atoms with Crippen molar-refractivity contribution in [3.05, 3.63) is 58.1 Å². The summed E-state index contributed by atoms with van der Waals surface area (Å²) in [7, 11) is -2.13. The number of nitriles is 1. The summed E-state index contributed by atoms with van der Waals surface area (Å²) in [5.41, 5.74) is 1.11. The molecule has 0 bridgehead atoms. The van der Waals surface area contributed by atoms with Gasteiger partial charge in [0.1, 0.15) is 4.90 Å². The van der Waals surface area contributed by atoms with Crippen LogP contribution in [0.3, 0.4) is 0 Å². The number of piperidine rings is 1. The van der Waals surface area contributed by atoms with Crippen LogP contribution in [-0.2, 0) is 14.8 Å². The van der Waals surface area contributed by atoms with Crippen molar-refractivity contribution in [2.24, 2.45) is 5.92 Å². The number of benzene rings is 2. The molecule has 0 N–H and O–H groups in total. The summed E-state index contributed by atoms with van der Waals surface area (Å²) >= 11 is 12.0. The zero-order valence-electron chi connectivity index (χ0n) is 15.7. The Balaban J connectivity index is 1.70. The maximum absolute atomic E-state index is 12.9. The predicted molar refractivity (Wildman–Crippen MR) is 113 cm³/mol. The first kappa shape index (κ1) is 21.6. The highest BCUT2D eigenvalue weighted by Crippen LogP contribution is 2.31. The summed E-state index contributed by atoms with van der Waals surface area (Å²) in [6.07, 6.45) is 0.803. The third-order valence-electron chi connectivity index (χ3n) is 5.01. The van der Waals surface area contributed by atoms with Crippen LogP contribution in [-0.4, -0.2) is 38.8 Å². The van der Waals surface area contributed by atoms with Gasteiger partial charge in [-0.25, -0.2) is 8.42 Å². The van der Waals surface area contributed by atoms with E-state index < -0.39 is 10.0 Å². The number of carbonyl (C=O) groups excluding carboxylic acids is 1. The molecule has 0 atom stereocenters. The van der Waals surface area contributed by atoms with E-state index in [1.165, 1.54) is 27.4 Å². The van der Waals surface area contributed by atoms with E-state index in [0.717, 1.165) is 0 Å². The van der Waals surface area contributed by atoms with Crippen molar-refractivity contribution in [2.75, 3.05) is 25.0 Å². The standard InChI is InChI=1S/C20H19Cl2N3O3S/c1-24(17-4-2-3-14(11-17)13-23)20(26)15-7-9-25(10-8-15)29(27,28)19-12-16(21)5-6-18(19)22/h2-6,11-12,15H,7-10H2,1H3. The molecule has 1 saturated heterocycles. The number of anilines is 1. The molecule has 1 amide bonds. The normalized spacial score (nSPS) is 15.7. The number of amides is 1. The lowest BCUT2D eigenvalue weighted by molar-refractivity contribution is -0.123. The van der Waals surface area contributed by atoms with Gasteiger partial charge in [-0.1, -0.05) is 29.3 Å². The molecule has 2 aromatic carbocycles. The van der Waals surface area contributed by atoms with Crippen molar-refractivity contribution in [3.8, 4) is 6.07 Å². The van der Waals surface area contributed by atoms with Gasteiger partial charge in [0.05, 0.1) is 16.7 Å². The van der Waals surface area contributed by atoms with E-state index in [-0.39, 0.29) is 34.8 Å². The van der Waals surface area contributed by atoms with E-state index in [1.807, 2.05) is 0 Å². The third kappa shape index (κ3) is 4.57. The van der Waals surface area contributed by atoms with Gasteiger partial charge in [-0.05, 0) is 49.2 Å². The largest absolute Gasteiger partial charge is 0.315 e. The molecule has 0 saturated carbocycles. The summed E-state index contributed by atoms with van der Waals surface area (Å²) in [5.74, 6) is -0.398. The monoisotopic (exact) mass is 451 g/mol. The van der Waals surface area contributed by atoms with Gasteiger partial charge in [-0.15, -0.1) is 0 Å². The van der Waals surface area contributed by atoms with E-state index in [9.17, 15) is 13.2 Å². The first-order chi connectivity index (χ1) is 13.7. The zero-order valence-corrected chi connectivity index (χ0v) is 18.0. The minimum Gasteiger partial charge on any atom is -0.315 e. The number of hydrogen-bond donors (Lipinski definition) is 0. The minimum atomic E-state index is -3.79. The van der Waals surface area contributed by atoms with Crippen LogP contribution >= 0.6 is 23.2 Å². The van der Waals surface area contributed by atoms with Crippen LogP contribution in [0, 0.1) is 17.2 Å². The van der Waals surface area contributed by atoms with Crippen molar-refractivity contribution >= 4 is 44.8 Å². The maximum atomic E-state index is 12.9. The Morgan fingerprint density at radius 1 is 1.17 bits per heavy atom. The molecular formula is C20H19Cl2N3O3S. The topological polar surface area (TPSA) is 81.5 Å². The molecule has 0 unspecified atom stereocenters. The molecule has 0 aliphatic carbocycles. The highest BCUT2D eigenvalue weighted by molar-refractivity contribution is 7.89. The van der Waals surface area contributed by atoms with Crippen LogP contribution in [0.5, 0.6) is 0 Å². The van der Waals surface area contributed by atoms with Crippen LogP contribution in [0.2, 0.25) is 10.0 Å². The maximum Gasteiger partial charge on any atom is 0.244 e. The molecule has 3 rings (SSSR count). The van der Waals surface area contributed by atoms with Crippen molar-refractivity contribution in [1.29, 1.82) is 5.26 Å². The molecule has 29 heavy (non-hydrogen) atoms. The quantitative estimate of drug-likeness (QED) is 0.704. The Bertz CT molecular complexity index is 1070. The molecule has 1 aliphatic heterocycles. The predicted octanol–water partition coefficient (Wildman–Crippen LogP) is 3.93. The molecule has 0 radical (unpaired) electrons. The van der Waals surface area contributed by atoms with Gasteiger partial charge in [0.25, 0.3) is 0 Å². The van der Waals surface area contributed by atoms with Gasteiger partial charge in [0, 0.05) is 36.8 Å². The summed E-state index contributed by atoms with van der Waals surface area (Å²) in [6.45, 7) is 0.432. The van der Waals surface area contributed by atoms with E-state index in [2.05, 4.69) is 6.07 Å². The second kappa shape index (κ2) is 8.72. The van der Waals surface area contributed by atoms with Crippen LogP contribution in [0.1, 0.15) is 18.4 Å². The fourth-order valence-electron chi connectivity index (χ4n) is 3.34. The van der Waals surface area contributed by atoms with E-state index in [1.54, 1.807) is 31.3 Å². The Labute approximate surface area is 180 Å². The minimum absolute atomic E-state index is 0.0260. The molecule has 152 valence electrons. The fraction of sp³-hybridized carbons (Fsp3) is 0.300. The number of hydrogen-bond acceptors (Lipinski definition) is 4. The van der Waals surface area contributed by atoms with Crippen LogP contribution in [0.4, 0.5) is 5.69 Å².